The normalized spacial score (nSPS) is 10.7. The average Bonchev–Trinajstić information content (AvgIpc) is 3.09. The van der Waals surface area contributed by atoms with Gasteiger partial charge in [0.05, 0.1) is 18.1 Å². The largest absolute Gasteiger partial charge is 0.497 e. The van der Waals surface area contributed by atoms with Gasteiger partial charge in [-0.05, 0) is 30.7 Å². The van der Waals surface area contributed by atoms with Gasteiger partial charge in [0.2, 0.25) is 11.8 Å². The zero-order valence-corrected chi connectivity index (χ0v) is 17.2. The number of benzene rings is 2. The highest BCUT2D eigenvalue weighted by Gasteiger charge is 2.14. The molecule has 0 aliphatic rings. The van der Waals surface area contributed by atoms with E-state index < -0.39 is 0 Å². The van der Waals surface area contributed by atoms with Gasteiger partial charge in [0.1, 0.15) is 24.7 Å². The van der Waals surface area contributed by atoms with Gasteiger partial charge in [0.15, 0.2) is 0 Å². The molecule has 0 saturated carbocycles. The standard InChI is InChI=1S/C22H26N4O4/c1-29-15-22(28)23-12-6-11-20-25-18-9-3-4-10-19(18)26(20)14-21(27)24-16-7-5-8-17(13-16)30-2/h3-5,7-10,13H,6,11-12,14-15H2,1-2H3,(H,23,28)(H,24,27). The maximum Gasteiger partial charge on any atom is 0.245 e. The summed E-state index contributed by atoms with van der Waals surface area (Å²) in [6.07, 6.45) is 1.34. The Balaban J connectivity index is 1.69. The van der Waals surface area contributed by atoms with Crippen molar-refractivity contribution in [1.82, 2.24) is 14.9 Å². The van der Waals surface area contributed by atoms with Crippen molar-refractivity contribution in [2.45, 2.75) is 19.4 Å². The molecule has 158 valence electrons. The van der Waals surface area contributed by atoms with E-state index in [1.807, 2.05) is 47.0 Å². The van der Waals surface area contributed by atoms with E-state index in [2.05, 4.69) is 15.6 Å². The number of methoxy groups -OCH3 is 2. The molecular weight excluding hydrogens is 384 g/mol. The third-order valence-electron chi connectivity index (χ3n) is 4.56. The first-order chi connectivity index (χ1) is 14.6. The van der Waals surface area contributed by atoms with E-state index in [9.17, 15) is 9.59 Å². The second kappa shape index (κ2) is 10.4. The van der Waals surface area contributed by atoms with Crippen molar-refractivity contribution in [2.24, 2.45) is 0 Å². The fourth-order valence-electron chi connectivity index (χ4n) is 3.19. The maximum atomic E-state index is 12.7. The zero-order chi connectivity index (χ0) is 21.3. The van der Waals surface area contributed by atoms with Crippen LogP contribution in [0.1, 0.15) is 12.2 Å². The summed E-state index contributed by atoms with van der Waals surface area (Å²) in [5, 5.41) is 5.70. The highest BCUT2D eigenvalue weighted by Crippen LogP contribution is 2.19. The van der Waals surface area contributed by atoms with Gasteiger partial charge in [-0.15, -0.1) is 0 Å². The number of nitrogens with one attached hydrogen (secondary N) is 2. The number of anilines is 1. The summed E-state index contributed by atoms with van der Waals surface area (Å²) in [6, 6.07) is 15.0. The summed E-state index contributed by atoms with van der Waals surface area (Å²) in [4.78, 5) is 28.9. The van der Waals surface area contributed by atoms with Crippen LogP contribution in [-0.4, -0.2) is 48.7 Å². The van der Waals surface area contributed by atoms with Gasteiger partial charge >= 0.3 is 0 Å². The number of nitrogens with zero attached hydrogens (tertiary/aromatic N) is 2. The summed E-state index contributed by atoms with van der Waals surface area (Å²) in [6.45, 7) is 0.702. The molecule has 0 unspecified atom stereocenters. The fourth-order valence-corrected chi connectivity index (χ4v) is 3.19. The Morgan fingerprint density at radius 3 is 2.70 bits per heavy atom. The third-order valence-corrected chi connectivity index (χ3v) is 4.56. The van der Waals surface area contributed by atoms with Crippen LogP contribution in [0.15, 0.2) is 48.5 Å². The van der Waals surface area contributed by atoms with Gasteiger partial charge < -0.3 is 24.7 Å². The number of aromatic nitrogens is 2. The number of fused-ring (bicyclic) bond motifs is 1. The molecule has 0 fully saturated rings. The number of rotatable bonds is 10. The Hall–Kier alpha value is -3.39. The second-order valence-electron chi connectivity index (χ2n) is 6.77. The summed E-state index contributed by atoms with van der Waals surface area (Å²) in [5.41, 5.74) is 2.41. The van der Waals surface area contributed by atoms with Crippen LogP contribution in [0.4, 0.5) is 5.69 Å². The number of ether oxygens (including phenoxy) is 2. The fraction of sp³-hybridized carbons (Fsp3) is 0.318. The molecule has 0 bridgehead atoms. The Morgan fingerprint density at radius 2 is 1.90 bits per heavy atom. The number of aryl methyl sites for hydroxylation is 1. The van der Waals surface area contributed by atoms with E-state index in [-0.39, 0.29) is 25.0 Å². The molecule has 8 heteroatoms. The van der Waals surface area contributed by atoms with Gasteiger partial charge in [-0.1, -0.05) is 18.2 Å². The predicted molar refractivity (Wildman–Crippen MR) is 115 cm³/mol. The summed E-state index contributed by atoms with van der Waals surface area (Å²) >= 11 is 0. The Bertz CT molecular complexity index is 1020. The lowest BCUT2D eigenvalue weighted by atomic mass is 10.2. The van der Waals surface area contributed by atoms with Crippen molar-refractivity contribution in [1.29, 1.82) is 0 Å². The quantitative estimate of drug-likeness (QED) is 0.501. The van der Waals surface area contributed by atoms with Crippen LogP contribution in [0.3, 0.4) is 0 Å². The van der Waals surface area contributed by atoms with Crippen molar-refractivity contribution in [2.75, 3.05) is 32.7 Å². The van der Waals surface area contributed by atoms with E-state index in [4.69, 9.17) is 9.47 Å². The lowest BCUT2D eigenvalue weighted by Crippen LogP contribution is -2.28. The maximum absolute atomic E-state index is 12.7. The number of carbonyl (C=O) groups is 2. The smallest absolute Gasteiger partial charge is 0.245 e. The first-order valence-electron chi connectivity index (χ1n) is 9.74. The van der Waals surface area contributed by atoms with Crippen LogP contribution < -0.4 is 15.4 Å². The number of hydrogen-bond acceptors (Lipinski definition) is 5. The van der Waals surface area contributed by atoms with Crippen molar-refractivity contribution in [3.8, 4) is 5.75 Å². The summed E-state index contributed by atoms with van der Waals surface area (Å²) in [7, 11) is 3.07. The van der Waals surface area contributed by atoms with E-state index in [0.29, 0.717) is 30.8 Å². The molecule has 0 atom stereocenters. The van der Waals surface area contributed by atoms with Gasteiger partial charge in [-0.2, -0.15) is 0 Å². The highest BCUT2D eigenvalue weighted by molar-refractivity contribution is 5.92. The Morgan fingerprint density at radius 1 is 1.07 bits per heavy atom. The lowest BCUT2D eigenvalue weighted by Gasteiger charge is -2.11. The molecule has 2 N–H and O–H groups in total. The van der Waals surface area contributed by atoms with Crippen LogP contribution in [0.2, 0.25) is 0 Å². The molecule has 0 radical (unpaired) electrons. The van der Waals surface area contributed by atoms with E-state index >= 15 is 0 Å². The van der Waals surface area contributed by atoms with Crippen LogP contribution in [0, 0.1) is 0 Å². The monoisotopic (exact) mass is 410 g/mol. The molecule has 30 heavy (non-hydrogen) atoms. The lowest BCUT2D eigenvalue weighted by molar-refractivity contribution is -0.124. The molecule has 3 aromatic rings. The molecule has 0 saturated heterocycles. The molecule has 3 rings (SSSR count). The van der Waals surface area contributed by atoms with Crippen LogP contribution in [-0.2, 0) is 27.3 Å². The van der Waals surface area contributed by atoms with Crippen molar-refractivity contribution in [3.05, 3.63) is 54.4 Å². The van der Waals surface area contributed by atoms with Crippen LogP contribution >= 0.6 is 0 Å². The van der Waals surface area contributed by atoms with Crippen molar-refractivity contribution >= 4 is 28.5 Å². The molecule has 2 aromatic carbocycles. The molecule has 0 spiro atoms. The van der Waals surface area contributed by atoms with Gasteiger partial charge in [-0.3, -0.25) is 9.59 Å². The summed E-state index contributed by atoms with van der Waals surface area (Å²) in [5.74, 6) is 1.18. The molecule has 1 heterocycles. The molecule has 2 amide bonds. The van der Waals surface area contributed by atoms with Crippen LogP contribution in [0.5, 0.6) is 5.75 Å². The van der Waals surface area contributed by atoms with Gasteiger partial charge in [0.25, 0.3) is 0 Å². The SMILES string of the molecule is COCC(=O)NCCCc1nc2ccccc2n1CC(=O)Nc1cccc(OC)c1. The average molecular weight is 410 g/mol. The number of amides is 2. The number of hydrogen-bond donors (Lipinski definition) is 2. The summed E-state index contributed by atoms with van der Waals surface area (Å²) < 4.78 is 11.9. The topological polar surface area (TPSA) is 94.5 Å². The van der Waals surface area contributed by atoms with E-state index in [1.165, 1.54) is 7.11 Å². The minimum atomic E-state index is -0.152. The molecule has 0 aliphatic heterocycles. The highest BCUT2D eigenvalue weighted by atomic mass is 16.5. The minimum absolute atomic E-state index is 0.0446. The van der Waals surface area contributed by atoms with E-state index in [1.54, 1.807) is 13.2 Å². The third kappa shape index (κ3) is 5.57. The number of para-hydroxylation sites is 2. The van der Waals surface area contributed by atoms with Gasteiger partial charge in [-0.25, -0.2) is 4.98 Å². The van der Waals surface area contributed by atoms with Crippen molar-refractivity contribution in [3.63, 3.8) is 0 Å². The minimum Gasteiger partial charge on any atom is -0.497 e. The zero-order valence-electron chi connectivity index (χ0n) is 17.2. The molecule has 1 aromatic heterocycles. The van der Waals surface area contributed by atoms with Gasteiger partial charge in [0, 0.05) is 31.8 Å². The Labute approximate surface area is 175 Å². The molecular formula is C22H26N4O4. The number of imidazole rings is 1. The van der Waals surface area contributed by atoms with E-state index in [0.717, 1.165) is 16.9 Å². The first kappa shape index (κ1) is 21.3. The second-order valence-corrected chi connectivity index (χ2v) is 6.77. The van der Waals surface area contributed by atoms with Crippen molar-refractivity contribution < 1.29 is 19.1 Å². The molecule has 8 nitrogen and oxygen atoms in total. The van der Waals surface area contributed by atoms with Crippen LogP contribution in [0.25, 0.3) is 11.0 Å². The predicted octanol–water partition coefficient (Wildman–Crippen LogP) is 2.38. The number of carbonyl (C=O) groups excluding carboxylic acids is 2. The Kier molecular flexibility index (Phi) is 7.40. The first-order valence-corrected chi connectivity index (χ1v) is 9.74. The molecule has 0 aliphatic carbocycles.